The molecule has 31 heavy (non-hydrogen) atoms. The van der Waals surface area contributed by atoms with Crippen molar-refractivity contribution in [1.29, 1.82) is 0 Å². The predicted molar refractivity (Wildman–Crippen MR) is 125 cm³/mol. The van der Waals surface area contributed by atoms with Gasteiger partial charge in [0, 0.05) is 45.8 Å². The molecule has 1 fully saturated rings. The van der Waals surface area contributed by atoms with Gasteiger partial charge in [0.2, 0.25) is 0 Å². The highest BCUT2D eigenvalue weighted by Gasteiger charge is 2.26. The van der Waals surface area contributed by atoms with Gasteiger partial charge in [-0.2, -0.15) is 5.10 Å². The molecule has 0 spiro atoms. The summed E-state index contributed by atoms with van der Waals surface area (Å²) in [6.07, 6.45) is 5.19. The van der Waals surface area contributed by atoms with Crippen molar-refractivity contribution in [2.45, 2.75) is 25.5 Å². The summed E-state index contributed by atoms with van der Waals surface area (Å²) >= 11 is 6.22. The Kier molecular flexibility index (Phi) is 6.77. The second kappa shape index (κ2) is 9.88. The number of rotatable bonds is 6. The van der Waals surface area contributed by atoms with E-state index in [4.69, 9.17) is 16.3 Å². The van der Waals surface area contributed by atoms with Crippen LogP contribution in [0.2, 0.25) is 5.02 Å². The second-order valence-corrected chi connectivity index (χ2v) is 8.17. The Morgan fingerprint density at radius 1 is 1.19 bits per heavy atom. The van der Waals surface area contributed by atoms with Crippen LogP contribution in [0.1, 0.15) is 29.0 Å². The van der Waals surface area contributed by atoms with E-state index in [-0.39, 0.29) is 0 Å². The summed E-state index contributed by atoms with van der Waals surface area (Å²) in [7, 11) is 3.80. The zero-order valence-electron chi connectivity index (χ0n) is 18.0. The molecule has 1 N–H and O–H groups in total. The summed E-state index contributed by atoms with van der Waals surface area (Å²) in [5.41, 5.74) is 3.60. The Morgan fingerprint density at radius 3 is 2.71 bits per heavy atom. The number of guanidine groups is 1. The van der Waals surface area contributed by atoms with Crippen LogP contribution in [0.25, 0.3) is 0 Å². The zero-order valence-corrected chi connectivity index (χ0v) is 18.7. The molecule has 1 aliphatic rings. The largest absolute Gasteiger partial charge is 0.487 e. The number of nitrogens with zero attached hydrogens (tertiary/aromatic N) is 4. The smallest absolute Gasteiger partial charge is 0.193 e. The molecule has 4 rings (SSSR count). The van der Waals surface area contributed by atoms with Crippen LogP contribution in [-0.4, -0.2) is 40.8 Å². The number of hydrogen-bond acceptors (Lipinski definition) is 3. The quantitative estimate of drug-likeness (QED) is 0.463. The van der Waals surface area contributed by atoms with Crippen LogP contribution >= 0.6 is 11.6 Å². The van der Waals surface area contributed by atoms with Crippen molar-refractivity contribution in [3.05, 3.63) is 82.6 Å². The van der Waals surface area contributed by atoms with Gasteiger partial charge >= 0.3 is 0 Å². The van der Waals surface area contributed by atoms with E-state index in [1.807, 2.05) is 61.4 Å². The molecule has 0 radical (unpaired) electrons. The minimum atomic E-state index is 0.465. The summed E-state index contributed by atoms with van der Waals surface area (Å²) in [5, 5.41) is 8.46. The molecule has 0 saturated carbocycles. The fourth-order valence-electron chi connectivity index (χ4n) is 3.97. The highest BCUT2D eigenvalue weighted by molar-refractivity contribution is 6.32. The van der Waals surface area contributed by atoms with Gasteiger partial charge < -0.3 is 15.0 Å². The minimum Gasteiger partial charge on any atom is -0.487 e. The van der Waals surface area contributed by atoms with Gasteiger partial charge in [-0.25, -0.2) is 0 Å². The van der Waals surface area contributed by atoms with E-state index in [0.717, 1.165) is 31.0 Å². The molecule has 1 aliphatic heterocycles. The molecule has 6 nitrogen and oxygen atoms in total. The number of benzene rings is 2. The number of nitrogens with one attached hydrogen (secondary N) is 1. The van der Waals surface area contributed by atoms with Gasteiger partial charge in [0.1, 0.15) is 12.4 Å². The first-order valence-electron chi connectivity index (χ1n) is 10.5. The van der Waals surface area contributed by atoms with Crippen molar-refractivity contribution in [3.8, 4) is 5.75 Å². The van der Waals surface area contributed by atoms with E-state index in [2.05, 4.69) is 38.6 Å². The Hall–Kier alpha value is -2.99. The van der Waals surface area contributed by atoms with E-state index < -0.39 is 0 Å². The lowest BCUT2D eigenvalue weighted by atomic mass is 10.0. The maximum atomic E-state index is 6.22. The molecule has 0 amide bonds. The molecule has 0 bridgehead atoms. The Bertz CT molecular complexity index is 1050. The number of aromatic nitrogens is 2. The third-order valence-corrected chi connectivity index (χ3v) is 5.98. The molecule has 1 unspecified atom stereocenters. The van der Waals surface area contributed by atoms with Gasteiger partial charge in [-0.15, -0.1) is 0 Å². The predicted octanol–water partition coefficient (Wildman–Crippen LogP) is 4.22. The van der Waals surface area contributed by atoms with Gasteiger partial charge in [-0.3, -0.25) is 9.67 Å². The SMILES string of the molecule is CN=C(NCc1ccccc1COc1ccccc1Cl)N1CCC(c2cnn(C)c2)C1. The summed E-state index contributed by atoms with van der Waals surface area (Å²) < 4.78 is 7.82. The van der Waals surface area contributed by atoms with E-state index in [1.165, 1.54) is 11.1 Å². The molecule has 1 saturated heterocycles. The lowest BCUT2D eigenvalue weighted by Gasteiger charge is -2.22. The summed E-state index contributed by atoms with van der Waals surface area (Å²) in [6.45, 7) is 3.08. The second-order valence-electron chi connectivity index (χ2n) is 7.77. The number of aliphatic imine (C=N–C) groups is 1. The fraction of sp³-hybridized carbons (Fsp3) is 0.333. The first-order valence-corrected chi connectivity index (χ1v) is 10.9. The normalized spacial score (nSPS) is 16.5. The van der Waals surface area contributed by atoms with Crippen LogP contribution in [0, 0.1) is 0 Å². The van der Waals surface area contributed by atoms with Gasteiger partial charge in [0.15, 0.2) is 5.96 Å². The van der Waals surface area contributed by atoms with Gasteiger partial charge in [-0.05, 0) is 35.2 Å². The Labute approximate surface area is 188 Å². The van der Waals surface area contributed by atoms with E-state index in [0.29, 0.717) is 29.8 Å². The maximum Gasteiger partial charge on any atom is 0.193 e. The molecule has 2 aromatic carbocycles. The number of ether oxygens (including phenoxy) is 1. The summed E-state index contributed by atoms with van der Waals surface area (Å²) in [6, 6.07) is 15.8. The molecule has 1 aromatic heterocycles. The van der Waals surface area contributed by atoms with Crippen LogP contribution in [0.5, 0.6) is 5.75 Å². The third-order valence-electron chi connectivity index (χ3n) is 5.67. The molecule has 7 heteroatoms. The van der Waals surface area contributed by atoms with Gasteiger partial charge in [-0.1, -0.05) is 48.0 Å². The van der Waals surface area contributed by atoms with E-state index in [1.54, 1.807) is 0 Å². The van der Waals surface area contributed by atoms with Crippen LogP contribution < -0.4 is 10.1 Å². The van der Waals surface area contributed by atoms with Crippen molar-refractivity contribution in [1.82, 2.24) is 20.0 Å². The number of para-hydroxylation sites is 1. The summed E-state index contributed by atoms with van der Waals surface area (Å²) in [4.78, 5) is 6.84. The molecule has 2 heterocycles. The Balaban J connectivity index is 1.36. The lowest BCUT2D eigenvalue weighted by molar-refractivity contribution is 0.305. The molecule has 1 atom stereocenters. The van der Waals surface area contributed by atoms with Crippen molar-refractivity contribution in [2.24, 2.45) is 12.0 Å². The topological polar surface area (TPSA) is 54.7 Å². The first-order chi connectivity index (χ1) is 15.1. The van der Waals surface area contributed by atoms with Crippen molar-refractivity contribution in [3.63, 3.8) is 0 Å². The maximum absolute atomic E-state index is 6.22. The van der Waals surface area contributed by atoms with E-state index >= 15 is 0 Å². The van der Waals surface area contributed by atoms with Crippen molar-refractivity contribution in [2.75, 3.05) is 20.1 Å². The lowest BCUT2D eigenvalue weighted by Crippen LogP contribution is -2.39. The monoisotopic (exact) mass is 437 g/mol. The van der Waals surface area contributed by atoms with Crippen LogP contribution in [0.4, 0.5) is 0 Å². The van der Waals surface area contributed by atoms with Crippen molar-refractivity contribution >= 4 is 17.6 Å². The number of hydrogen-bond donors (Lipinski definition) is 1. The minimum absolute atomic E-state index is 0.465. The number of aryl methyl sites for hydroxylation is 1. The van der Waals surface area contributed by atoms with Gasteiger partial charge in [0.25, 0.3) is 0 Å². The average Bonchev–Trinajstić information content (AvgIpc) is 3.44. The summed E-state index contributed by atoms with van der Waals surface area (Å²) in [5.74, 6) is 2.11. The molecular formula is C24H28ClN5O. The van der Waals surface area contributed by atoms with E-state index in [9.17, 15) is 0 Å². The first kappa shape index (κ1) is 21.2. The van der Waals surface area contributed by atoms with Crippen LogP contribution in [0.15, 0.2) is 65.9 Å². The van der Waals surface area contributed by atoms with Gasteiger partial charge in [0.05, 0.1) is 11.2 Å². The molecule has 0 aliphatic carbocycles. The number of halogens is 1. The molecule has 3 aromatic rings. The highest BCUT2D eigenvalue weighted by atomic mass is 35.5. The molecule has 162 valence electrons. The van der Waals surface area contributed by atoms with Crippen LogP contribution in [-0.2, 0) is 20.2 Å². The zero-order chi connectivity index (χ0) is 21.6. The third kappa shape index (κ3) is 5.20. The highest BCUT2D eigenvalue weighted by Crippen LogP contribution is 2.27. The Morgan fingerprint density at radius 2 is 1.97 bits per heavy atom. The number of likely N-dealkylation sites (tertiary alicyclic amines) is 1. The van der Waals surface area contributed by atoms with Crippen molar-refractivity contribution < 1.29 is 4.74 Å². The average molecular weight is 438 g/mol. The standard InChI is InChI=1S/C24H28ClN5O/c1-26-24(30-12-11-19(16-30)21-14-28-29(2)15-21)27-13-18-7-3-4-8-20(18)17-31-23-10-6-5-9-22(23)25/h3-10,14-15,19H,11-13,16-17H2,1-2H3,(H,26,27). The fourth-order valence-corrected chi connectivity index (χ4v) is 4.16. The molecular weight excluding hydrogens is 410 g/mol. The van der Waals surface area contributed by atoms with Crippen LogP contribution in [0.3, 0.4) is 0 Å².